The van der Waals surface area contributed by atoms with Crippen molar-refractivity contribution >= 4 is 21.6 Å². The molecule has 0 aliphatic heterocycles. The summed E-state index contributed by atoms with van der Waals surface area (Å²) < 4.78 is 32.0. The average molecular weight is 408 g/mol. The number of nitrogens with zero attached hydrogens (tertiary/aromatic N) is 2. The molecule has 1 aliphatic rings. The van der Waals surface area contributed by atoms with Crippen molar-refractivity contribution in [3.8, 4) is 0 Å². The maximum absolute atomic E-state index is 13.3. The Morgan fingerprint density at radius 3 is 2.32 bits per heavy atom. The lowest BCUT2D eigenvalue weighted by atomic mass is 9.97. The number of ether oxygens (including phenoxy) is 1. The van der Waals surface area contributed by atoms with Crippen LogP contribution in [0.5, 0.6) is 0 Å². The number of allylic oxidation sites excluding steroid dienone is 2. The molecule has 0 N–H and O–H groups in total. The molecule has 0 radical (unpaired) electrons. The number of sulfonamides is 1. The summed E-state index contributed by atoms with van der Waals surface area (Å²) in [5, 5.41) is 11.9. The Kier molecular flexibility index (Phi) is 6.41. The van der Waals surface area contributed by atoms with Crippen LogP contribution in [-0.2, 0) is 19.6 Å². The Morgan fingerprint density at radius 1 is 1.29 bits per heavy atom. The summed E-state index contributed by atoms with van der Waals surface area (Å²) in [7, 11) is -2.20. The zero-order valence-electron chi connectivity index (χ0n) is 16.2. The van der Waals surface area contributed by atoms with E-state index in [0.717, 1.165) is 23.1 Å². The van der Waals surface area contributed by atoms with Gasteiger partial charge in [-0.15, -0.1) is 0 Å². The van der Waals surface area contributed by atoms with Crippen molar-refractivity contribution in [1.82, 2.24) is 4.31 Å². The van der Waals surface area contributed by atoms with Gasteiger partial charge in [0, 0.05) is 18.0 Å². The van der Waals surface area contributed by atoms with Crippen LogP contribution in [0.2, 0.25) is 0 Å². The molecule has 1 unspecified atom stereocenters. The van der Waals surface area contributed by atoms with Crippen molar-refractivity contribution in [1.29, 1.82) is 0 Å². The van der Waals surface area contributed by atoms with Gasteiger partial charge in [-0.25, -0.2) is 8.42 Å². The lowest BCUT2D eigenvalue weighted by Gasteiger charge is -2.33. The highest BCUT2D eigenvalue weighted by Crippen LogP contribution is 2.36. The highest BCUT2D eigenvalue weighted by atomic mass is 32.2. The molecular weight excluding hydrogens is 384 g/mol. The van der Waals surface area contributed by atoms with Crippen molar-refractivity contribution in [2.45, 2.75) is 31.2 Å². The van der Waals surface area contributed by atoms with Gasteiger partial charge in [0.25, 0.3) is 10.0 Å². The van der Waals surface area contributed by atoms with Crippen LogP contribution in [0.4, 0.5) is 0 Å². The van der Waals surface area contributed by atoms with Gasteiger partial charge >= 0.3 is 10.8 Å². The molecule has 0 fully saturated rings. The van der Waals surface area contributed by atoms with E-state index in [1.54, 1.807) is 13.8 Å². The predicted octanol–water partition coefficient (Wildman–Crippen LogP) is 2.46. The minimum absolute atomic E-state index is 0.348. The molecule has 1 aliphatic carbocycles. The van der Waals surface area contributed by atoms with Gasteiger partial charge in [-0.1, -0.05) is 56.3 Å². The molecule has 9 heteroatoms. The van der Waals surface area contributed by atoms with Gasteiger partial charge < -0.3 is 4.74 Å². The standard InChI is InChI=1S/C19H24N2O6S/c1-14(2)17(18(22)27-4)20(3)28(25,26)19(21(23)24)12-10-16(11-13-19)15-8-6-5-7-9-15/h5-12,14,17H,13H2,1-4H3/t17-,19?/m1/s1. The van der Waals surface area contributed by atoms with E-state index in [9.17, 15) is 23.3 Å². The van der Waals surface area contributed by atoms with E-state index < -0.39 is 37.7 Å². The largest absolute Gasteiger partial charge is 0.468 e. The van der Waals surface area contributed by atoms with E-state index in [0.29, 0.717) is 5.57 Å². The molecule has 8 nitrogen and oxygen atoms in total. The Bertz CT molecular complexity index is 908. The molecule has 0 spiro atoms. The quantitative estimate of drug-likeness (QED) is 0.390. The second kappa shape index (κ2) is 8.24. The lowest BCUT2D eigenvalue weighted by molar-refractivity contribution is -0.526. The number of rotatable bonds is 7. The molecule has 2 rings (SSSR count). The third kappa shape index (κ3) is 3.72. The number of nitro groups is 1. The fourth-order valence-electron chi connectivity index (χ4n) is 3.24. The van der Waals surface area contributed by atoms with E-state index in [4.69, 9.17) is 4.74 Å². The fraction of sp³-hybridized carbons (Fsp3) is 0.421. The Labute approximate surface area is 164 Å². The van der Waals surface area contributed by atoms with Crippen molar-refractivity contribution in [3.05, 3.63) is 64.2 Å². The summed E-state index contributed by atoms with van der Waals surface area (Å²) in [6, 6.07) is 8.00. The smallest absolute Gasteiger partial charge is 0.354 e. The first-order valence-electron chi connectivity index (χ1n) is 8.73. The van der Waals surface area contributed by atoms with E-state index in [2.05, 4.69) is 0 Å². The third-order valence-electron chi connectivity index (χ3n) is 4.85. The zero-order chi connectivity index (χ0) is 21.1. The van der Waals surface area contributed by atoms with Gasteiger partial charge in [0.2, 0.25) is 0 Å². The van der Waals surface area contributed by atoms with Crippen LogP contribution in [0.15, 0.2) is 48.6 Å². The van der Waals surface area contributed by atoms with E-state index in [1.807, 2.05) is 30.3 Å². The minimum atomic E-state index is -4.53. The number of esters is 1. The highest BCUT2D eigenvalue weighted by molar-refractivity contribution is 7.90. The topological polar surface area (TPSA) is 107 Å². The van der Waals surface area contributed by atoms with Gasteiger partial charge in [0.15, 0.2) is 0 Å². The van der Waals surface area contributed by atoms with Crippen molar-refractivity contribution in [3.63, 3.8) is 0 Å². The monoisotopic (exact) mass is 408 g/mol. The van der Waals surface area contributed by atoms with Crippen LogP contribution in [0.3, 0.4) is 0 Å². The van der Waals surface area contributed by atoms with Crippen LogP contribution in [-0.4, -0.2) is 48.7 Å². The third-order valence-corrected chi connectivity index (χ3v) is 7.18. The lowest BCUT2D eigenvalue weighted by Crippen LogP contribution is -2.57. The predicted molar refractivity (Wildman–Crippen MR) is 105 cm³/mol. The number of hydrogen-bond acceptors (Lipinski definition) is 6. The van der Waals surface area contributed by atoms with Gasteiger partial charge in [-0.05, 0) is 17.1 Å². The molecular formula is C19H24N2O6S. The maximum atomic E-state index is 13.3. The van der Waals surface area contributed by atoms with E-state index in [-0.39, 0.29) is 6.42 Å². The fourth-order valence-corrected chi connectivity index (χ4v) is 5.09. The Hall–Kier alpha value is -2.52. The van der Waals surface area contributed by atoms with Crippen LogP contribution in [0.25, 0.3) is 5.57 Å². The van der Waals surface area contributed by atoms with Crippen molar-refractivity contribution in [2.75, 3.05) is 14.2 Å². The number of carbonyl (C=O) groups excluding carboxylic acids is 1. The summed E-state index contributed by atoms with van der Waals surface area (Å²) in [5.41, 5.74) is 1.53. The molecule has 152 valence electrons. The van der Waals surface area contributed by atoms with Crippen LogP contribution >= 0.6 is 0 Å². The molecule has 0 amide bonds. The molecule has 0 saturated carbocycles. The molecule has 0 saturated heterocycles. The second-order valence-electron chi connectivity index (χ2n) is 6.90. The van der Waals surface area contributed by atoms with Crippen LogP contribution in [0.1, 0.15) is 25.8 Å². The van der Waals surface area contributed by atoms with Gasteiger partial charge in [0.1, 0.15) is 6.04 Å². The zero-order valence-corrected chi connectivity index (χ0v) is 17.0. The summed E-state index contributed by atoms with van der Waals surface area (Å²) in [4.78, 5) is 20.8. The average Bonchev–Trinajstić information content (AvgIpc) is 2.68. The van der Waals surface area contributed by atoms with Gasteiger partial charge in [-0.3, -0.25) is 14.9 Å². The highest BCUT2D eigenvalue weighted by Gasteiger charge is 2.58. The molecule has 0 heterocycles. The summed E-state index contributed by atoms with van der Waals surface area (Å²) in [6.07, 6.45) is 3.72. The number of hydrogen-bond donors (Lipinski definition) is 0. The van der Waals surface area contributed by atoms with Crippen molar-refractivity contribution in [2.24, 2.45) is 5.92 Å². The van der Waals surface area contributed by atoms with E-state index in [1.165, 1.54) is 19.2 Å². The molecule has 2 atom stereocenters. The first kappa shape index (κ1) is 21.8. The number of benzene rings is 1. The first-order valence-corrected chi connectivity index (χ1v) is 10.2. The Morgan fingerprint density at radius 2 is 1.89 bits per heavy atom. The van der Waals surface area contributed by atoms with Crippen LogP contribution in [0, 0.1) is 16.0 Å². The van der Waals surface area contributed by atoms with E-state index >= 15 is 0 Å². The maximum Gasteiger partial charge on any atom is 0.354 e. The molecule has 28 heavy (non-hydrogen) atoms. The van der Waals surface area contributed by atoms with Crippen molar-refractivity contribution < 1.29 is 22.9 Å². The van der Waals surface area contributed by atoms with Gasteiger partial charge in [-0.2, -0.15) is 4.31 Å². The first-order chi connectivity index (χ1) is 13.1. The number of likely N-dealkylation sites (N-methyl/N-ethyl adjacent to an activating group) is 1. The molecule has 0 bridgehead atoms. The Balaban J connectivity index is 2.46. The summed E-state index contributed by atoms with van der Waals surface area (Å²) >= 11 is 0. The SMILES string of the molecule is COC(=O)[C@@H](C(C)C)N(C)S(=O)(=O)C1([N+](=O)[O-])C=CC(c2ccccc2)=CC1. The number of carbonyl (C=O) groups is 1. The number of methoxy groups -OCH3 is 1. The van der Waals surface area contributed by atoms with Gasteiger partial charge in [0.05, 0.1) is 13.5 Å². The molecule has 0 aromatic heterocycles. The molecule has 1 aromatic carbocycles. The minimum Gasteiger partial charge on any atom is -0.468 e. The second-order valence-corrected chi connectivity index (χ2v) is 9.13. The molecule has 1 aromatic rings. The normalized spacial score (nSPS) is 20.7. The summed E-state index contributed by atoms with van der Waals surface area (Å²) in [5.74, 6) is -1.20. The summed E-state index contributed by atoms with van der Waals surface area (Å²) in [6.45, 7) is 3.30. The van der Waals surface area contributed by atoms with Crippen LogP contribution < -0.4 is 0 Å².